The second-order valence-corrected chi connectivity index (χ2v) is 4.70. The van der Waals surface area contributed by atoms with Gasteiger partial charge in [0.15, 0.2) is 0 Å². The van der Waals surface area contributed by atoms with Crippen LogP contribution in [-0.4, -0.2) is 59.8 Å². The number of carbonyl (C=O) groups excluding carboxylic acids is 1. The van der Waals surface area contributed by atoms with Gasteiger partial charge in [-0.05, 0) is 6.07 Å². The molecule has 1 aliphatic heterocycles. The average Bonchev–Trinajstić information content (AvgIpc) is 2.48. The minimum atomic E-state index is -0.541. The van der Waals surface area contributed by atoms with E-state index in [0.29, 0.717) is 19.8 Å². The minimum Gasteiger partial charge on any atom is -0.395 e. The monoisotopic (exact) mass is 295 g/mol. The van der Waals surface area contributed by atoms with Crippen LogP contribution in [0.3, 0.4) is 0 Å². The molecular weight excluding hydrogens is 278 g/mol. The number of aliphatic hydroxyl groups is 1. The average molecular weight is 295 g/mol. The first-order valence-corrected chi connectivity index (χ1v) is 6.57. The molecule has 114 valence electrons. The van der Waals surface area contributed by atoms with E-state index >= 15 is 0 Å². The molecule has 0 radical (unpaired) electrons. The van der Waals surface area contributed by atoms with Gasteiger partial charge in [-0.15, -0.1) is 0 Å². The van der Waals surface area contributed by atoms with Gasteiger partial charge in [-0.1, -0.05) is 12.1 Å². The smallest absolute Gasteiger partial charge is 0.292 e. The van der Waals surface area contributed by atoms with Gasteiger partial charge in [0.1, 0.15) is 5.69 Å². The number of hydrogen-bond acceptors (Lipinski definition) is 6. The van der Waals surface area contributed by atoms with Crippen LogP contribution in [-0.2, 0) is 9.53 Å². The number of nitro groups is 1. The Kier molecular flexibility index (Phi) is 5.20. The van der Waals surface area contributed by atoms with Crippen molar-refractivity contribution in [3.05, 3.63) is 34.4 Å². The van der Waals surface area contributed by atoms with E-state index in [1.165, 1.54) is 18.2 Å². The summed E-state index contributed by atoms with van der Waals surface area (Å²) in [6.07, 6.45) is 0. The third-order valence-electron chi connectivity index (χ3n) is 3.28. The van der Waals surface area contributed by atoms with Gasteiger partial charge in [0.05, 0.1) is 37.3 Å². The largest absolute Gasteiger partial charge is 0.395 e. The van der Waals surface area contributed by atoms with Gasteiger partial charge in [0.2, 0.25) is 5.91 Å². The van der Waals surface area contributed by atoms with Crippen LogP contribution >= 0.6 is 0 Å². The summed E-state index contributed by atoms with van der Waals surface area (Å²) >= 11 is 0. The summed E-state index contributed by atoms with van der Waals surface area (Å²) in [5.41, 5.74) is 0.0212. The van der Waals surface area contributed by atoms with Crippen LogP contribution in [0.25, 0.3) is 0 Å². The maximum Gasteiger partial charge on any atom is 0.292 e. The van der Waals surface area contributed by atoms with Crippen LogP contribution in [0, 0.1) is 10.1 Å². The molecule has 0 saturated carbocycles. The molecule has 0 spiro atoms. The molecule has 21 heavy (non-hydrogen) atoms. The SMILES string of the molecule is O=C(CN1CCOCC1CO)Nc1ccccc1[N+](=O)[O-]. The molecule has 1 unspecified atom stereocenters. The Bertz CT molecular complexity index is 522. The number of morpholine rings is 1. The summed E-state index contributed by atoms with van der Waals surface area (Å²) in [5.74, 6) is -0.357. The van der Waals surface area contributed by atoms with Crippen molar-refractivity contribution in [1.82, 2.24) is 4.90 Å². The second kappa shape index (κ2) is 7.11. The quantitative estimate of drug-likeness (QED) is 0.595. The van der Waals surface area contributed by atoms with E-state index in [2.05, 4.69) is 5.32 Å². The molecule has 8 heteroatoms. The molecule has 1 heterocycles. The number of ether oxygens (including phenoxy) is 1. The Morgan fingerprint density at radius 3 is 3.00 bits per heavy atom. The third kappa shape index (κ3) is 3.97. The standard InChI is InChI=1S/C13H17N3O5/c17-8-10-9-21-6-5-15(10)7-13(18)14-11-3-1-2-4-12(11)16(19)20/h1-4,10,17H,5-9H2,(H,14,18). The Labute approximate surface area is 121 Å². The van der Waals surface area contributed by atoms with Gasteiger partial charge in [0, 0.05) is 12.6 Å². The van der Waals surface area contributed by atoms with Crippen molar-refractivity contribution in [2.24, 2.45) is 0 Å². The van der Waals surface area contributed by atoms with Crippen molar-refractivity contribution in [3.8, 4) is 0 Å². The number of anilines is 1. The lowest BCUT2D eigenvalue weighted by molar-refractivity contribution is -0.383. The van der Waals surface area contributed by atoms with E-state index in [0.717, 1.165) is 0 Å². The van der Waals surface area contributed by atoms with Crippen molar-refractivity contribution in [2.75, 3.05) is 38.2 Å². The molecule has 1 fully saturated rings. The molecule has 1 aliphatic rings. The van der Waals surface area contributed by atoms with Crippen molar-refractivity contribution < 1.29 is 19.6 Å². The summed E-state index contributed by atoms with van der Waals surface area (Å²) in [6, 6.07) is 5.75. The zero-order valence-electron chi connectivity index (χ0n) is 11.4. The number of carbonyl (C=O) groups is 1. The van der Waals surface area contributed by atoms with E-state index < -0.39 is 4.92 Å². The molecule has 1 aromatic rings. The number of rotatable bonds is 5. The highest BCUT2D eigenvalue weighted by atomic mass is 16.6. The van der Waals surface area contributed by atoms with Crippen LogP contribution in [0.4, 0.5) is 11.4 Å². The Morgan fingerprint density at radius 1 is 1.52 bits per heavy atom. The summed E-state index contributed by atoms with van der Waals surface area (Å²) in [4.78, 5) is 24.2. The van der Waals surface area contributed by atoms with Gasteiger partial charge >= 0.3 is 0 Å². The van der Waals surface area contributed by atoms with Crippen LogP contribution in [0.1, 0.15) is 0 Å². The van der Waals surface area contributed by atoms with Crippen LogP contribution in [0.2, 0.25) is 0 Å². The van der Waals surface area contributed by atoms with E-state index in [1.807, 2.05) is 0 Å². The molecule has 1 saturated heterocycles. The number of benzene rings is 1. The predicted molar refractivity (Wildman–Crippen MR) is 75.0 cm³/mol. The van der Waals surface area contributed by atoms with Gasteiger partial charge in [-0.3, -0.25) is 19.8 Å². The summed E-state index contributed by atoms with van der Waals surface area (Å²) in [5, 5.41) is 22.7. The Hall–Kier alpha value is -2.03. The van der Waals surface area contributed by atoms with Gasteiger partial charge in [-0.2, -0.15) is 0 Å². The maximum absolute atomic E-state index is 12.0. The molecule has 1 atom stereocenters. The number of nitro benzene ring substituents is 1. The van der Waals surface area contributed by atoms with E-state index in [9.17, 15) is 20.0 Å². The fourth-order valence-electron chi connectivity index (χ4n) is 2.18. The minimum absolute atomic E-state index is 0.0562. The lowest BCUT2D eigenvalue weighted by Crippen LogP contribution is -2.50. The molecule has 0 aliphatic carbocycles. The topological polar surface area (TPSA) is 105 Å². The lowest BCUT2D eigenvalue weighted by Gasteiger charge is -2.33. The number of amides is 1. The molecule has 1 amide bonds. The van der Waals surface area contributed by atoms with Crippen LogP contribution < -0.4 is 5.32 Å². The zero-order chi connectivity index (χ0) is 15.2. The first kappa shape index (κ1) is 15.4. The lowest BCUT2D eigenvalue weighted by atomic mass is 10.2. The normalized spacial score (nSPS) is 19.2. The Morgan fingerprint density at radius 2 is 2.29 bits per heavy atom. The third-order valence-corrected chi connectivity index (χ3v) is 3.28. The Balaban J connectivity index is 2.00. The van der Waals surface area contributed by atoms with E-state index in [1.54, 1.807) is 11.0 Å². The van der Waals surface area contributed by atoms with E-state index in [-0.39, 0.29) is 36.5 Å². The molecule has 0 aromatic heterocycles. The zero-order valence-corrected chi connectivity index (χ0v) is 11.4. The summed E-state index contributed by atoms with van der Waals surface area (Å²) in [7, 11) is 0. The fraction of sp³-hybridized carbons (Fsp3) is 0.462. The highest BCUT2D eigenvalue weighted by molar-refractivity contribution is 5.94. The molecule has 8 nitrogen and oxygen atoms in total. The number of nitrogens with one attached hydrogen (secondary N) is 1. The predicted octanol–water partition coefficient (Wildman–Crippen LogP) is 0.226. The van der Waals surface area contributed by atoms with Crippen LogP contribution in [0.15, 0.2) is 24.3 Å². The number of aliphatic hydroxyl groups excluding tert-OH is 1. The molecule has 2 N–H and O–H groups in total. The summed E-state index contributed by atoms with van der Waals surface area (Å²) in [6.45, 7) is 1.36. The van der Waals surface area contributed by atoms with Crippen molar-refractivity contribution in [1.29, 1.82) is 0 Å². The van der Waals surface area contributed by atoms with Gasteiger partial charge in [-0.25, -0.2) is 0 Å². The second-order valence-electron chi connectivity index (χ2n) is 4.70. The number of nitrogens with zero attached hydrogens (tertiary/aromatic N) is 2. The first-order valence-electron chi connectivity index (χ1n) is 6.57. The highest BCUT2D eigenvalue weighted by Crippen LogP contribution is 2.23. The molecular formula is C13H17N3O5. The number of hydrogen-bond donors (Lipinski definition) is 2. The highest BCUT2D eigenvalue weighted by Gasteiger charge is 2.25. The van der Waals surface area contributed by atoms with Gasteiger partial charge < -0.3 is 15.2 Å². The van der Waals surface area contributed by atoms with Crippen molar-refractivity contribution in [2.45, 2.75) is 6.04 Å². The first-order chi connectivity index (χ1) is 10.1. The summed E-state index contributed by atoms with van der Waals surface area (Å²) < 4.78 is 5.23. The van der Waals surface area contributed by atoms with Gasteiger partial charge in [0.25, 0.3) is 5.69 Å². The molecule has 1 aromatic carbocycles. The molecule has 2 rings (SSSR count). The van der Waals surface area contributed by atoms with Crippen molar-refractivity contribution >= 4 is 17.3 Å². The molecule has 0 bridgehead atoms. The van der Waals surface area contributed by atoms with E-state index in [4.69, 9.17) is 4.74 Å². The maximum atomic E-state index is 12.0. The number of para-hydroxylation sites is 2. The fourth-order valence-corrected chi connectivity index (χ4v) is 2.18. The van der Waals surface area contributed by atoms with Crippen molar-refractivity contribution in [3.63, 3.8) is 0 Å². The van der Waals surface area contributed by atoms with Crippen LogP contribution in [0.5, 0.6) is 0 Å².